The van der Waals surface area contributed by atoms with Gasteiger partial charge in [-0.1, -0.05) is 0 Å². The smallest absolute Gasteiger partial charge is 0.257 e. The van der Waals surface area contributed by atoms with Crippen LogP contribution in [0.4, 0.5) is 0 Å². The Morgan fingerprint density at radius 2 is 2.11 bits per heavy atom. The van der Waals surface area contributed by atoms with Crippen LogP contribution in [0.2, 0.25) is 0 Å². The molecule has 0 aromatic carbocycles. The third-order valence-corrected chi connectivity index (χ3v) is 5.01. The monoisotopic (exact) mass is 369 g/mol. The van der Waals surface area contributed by atoms with Gasteiger partial charge in [-0.15, -0.1) is 0 Å². The van der Waals surface area contributed by atoms with Crippen LogP contribution in [-0.4, -0.2) is 42.0 Å². The zero-order valence-corrected chi connectivity index (χ0v) is 15.7. The fourth-order valence-electron chi connectivity index (χ4n) is 3.61. The number of hydrogen-bond donors (Lipinski definition) is 1. The van der Waals surface area contributed by atoms with E-state index in [2.05, 4.69) is 10.2 Å². The first-order valence-corrected chi connectivity index (χ1v) is 9.03. The van der Waals surface area contributed by atoms with Crippen LogP contribution in [0.15, 0.2) is 28.8 Å². The summed E-state index contributed by atoms with van der Waals surface area (Å²) >= 11 is 0. The van der Waals surface area contributed by atoms with E-state index in [0.717, 1.165) is 17.9 Å². The Kier molecular flexibility index (Phi) is 4.35. The zero-order valence-electron chi connectivity index (χ0n) is 15.7. The molecule has 0 bridgehead atoms. The molecule has 8 heteroatoms. The Balaban J connectivity index is 1.59. The minimum Gasteiger partial charge on any atom is -0.466 e. The molecule has 8 nitrogen and oxygen atoms in total. The minimum atomic E-state index is -0.847. The van der Waals surface area contributed by atoms with E-state index in [9.17, 15) is 9.90 Å². The van der Waals surface area contributed by atoms with Gasteiger partial charge in [0.1, 0.15) is 17.6 Å². The molecule has 4 heterocycles. The van der Waals surface area contributed by atoms with Gasteiger partial charge in [0.05, 0.1) is 29.2 Å². The van der Waals surface area contributed by atoms with Crippen LogP contribution >= 0.6 is 0 Å². The summed E-state index contributed by atoms with van der Waals surface area (Å²) in [6.45, 7) is 5.47. The molecule has 3 aromatic rings. The van der Waals surface area contributed by atoms with Gasteiger partial charge in [-0.05, 0) is 38.5 Å². The summed E-state index contributed by atoms with van der Waals surface area (Å²) in [5, 5.41) is 19.3. The summed E-state index contributed by atoms with van der Waals surface area (Å²) in [7, 11) is 1.79. The molecule has 3 aromatic heterocycles. The second-order valence-electron chi connectivity index (χ2n) is 6.97. The summed E-state index contributed by atoms with van der Waals surface area (Å²) in [5.41, 5.74) is 2.77. The van der Waals surface area contributed by atoms with Crippen LogP contribution in [0.3, 0.4) is 0 Å². The highest BCUT2D eigenvalue weighted by atomic mass is 16.3. The van der Waals surface area contributed by atoms with E-state index in [1.807, 2.05) is 29.5 Å². The Morgan fingerprint density at radius 1 is 1.30 bits per heavy atom. The van der Waals surface area contributed by atoms with Gasteiger partial charge in [0.15, 0.2) is 0 Å². The van der Waals surface area contributed by atoms with Gasteiger partial charge in [0, 0.05) is 26.3 Å². The molecule has 0 aliphatic carbocycles. The molecule has 1 amide bonds. The number of amides is 1. The number of furan rings is 1. The van der Waals surface area contributed by atoms with Gasteiger partial charge in [-0.25, -0.2) is 0 Å². The van der Waals surface area contributed by atoms with Crippen molar-refractivity contribution in [1.29, 1.82) is 0 Å². The average molecular weight is 369 g/mol. The van der Waals surface area contributed by atoms with Crippen LogP contribution in [0.25, 0.3) is 0 Å². The van der Waals surface area contributed by atoms with Gasteiger partial charge >= 0.3 is 0 Å². The second-order valence-corrected chi connectivity index (χ2v) is 6.97. The molecule has 0 fully saturated rings. The molecule has 27 heavy (non-hydrogen) atoms. The standard InChI is InChI=1S/C19H23N5O3/c1-12-9-15(13(2)27-12)19(26)23-7-4-8-24-14(11-23)10-16(21-24)18(25)17-5-6-20-22(17)3/h5-6,9-10,18,25H,4,7-8,11H2,1-3H3. The molecular formula is C19H23N5O3. The number of carbonyl (C=O) groups excluding carboxylic acids is 1. The highest BCUT2D eigenvalue weighted by Gasteiger charge is 2.26. The van der Waals surface area contributed by atoms with Crippen LogP contribution < -0.4 is 0 Å². The maximum atomic E-state index is 12.9. The maximum absolute atomic E-state index is 12.9. The van der Waals surface area contributed by atoms with Crippen molar-refractivity contribution in [1.82, 2.24) is 24.5 Å². The first-order valence-electron chi connectivity index (χ1n) is 9.03. The van der Waals surface area contributed by atoms with E-state index in [1.54, 1.807) is 30.1 Å². The van der Waals surface area contributed by atoms with Crippen molar-refractivity contribution in [2.45, 2.75) is 39.5 Å². The highest BCUT2D eigenvalue weighted by Crippen LogP contribution is 2.24. The second kappa shape index (κ2) is 6.70. The van der Waals surface area contributed by atoms with Gasteiger partial charge < -0.3 is 14.4 Å². The number of aliphatic hydroxyl groups excluding tert-OH is 1. The van der Waals surface area contributed by atoms with E-state index < -0.39 is 6.10 Å². The third kappa shape index (κ3) is 3.16. The summed E-state index contributed by atoms with van der Waals surface area (Å²) in [6.07, 6.45) is 1.60. The van der Waals surface area contributed by atoms with Gasteiger partial charge in [-0.3, -0.25) is 14.2 Å². The van der Waals surface area contributed by atoms with Crippen molar-refractivity contribution in [2.24, 2.45) is 7.05 Å². The Bertz CT molecular complexity index is 984. The van der Waals surface area contributed by atoms with Crippen molar-refractivity contribution in [2.75, 3.05) is 6.54 Å². The molecule has 0 spiro atoms. The van der Waals surface area contributed by atoms with Crippen LogP contribution in [-0.2, 0) is 20.1 Å². The van der Waals surface area contributed by atoms with Crippen molar-refractivity contribution < 1.29 is 14.3 Å². The van der Waals surface area contributed by atoms with Crippen molar-refractivity contribution in [3.05, 3.63) is 58.6 Å². The molecule has 4 rings (SSSR count). The summed E-state index contributed by atoms with van der Waals surface area (Å²) in [6, 6.07) is 5.43. The molecule has 0 saturated carbocycles. The lowest BCUT2D eigenvalue weighted by Gasteiger charge is -2.19. The highest BCUT2D eigenvalue weighted by molar-refractivity contribution is 5.95. The van der Waals surface area contributed by atoms with Crippen LogP contribution in [0, 0.1) is 13.8 Å². The average Bonchev–Trinajstić information content (AvgIpc) is 3.29. The molecule has 0 saturated heterocycles. The number of hydrogen-bond acceptors (Lipinski definition) is 5. The van der Waals surface area contributed by atoms with Crippen molar-refractivity contribution >= 4 is 5.91 Å². The molecule has 1 aliphatic heterocycles. The fourth-order valence-corrected chi connectivity index (χ4v) is 3.61. The van der Waals surface area contributed by atoms with E-state index in [0.29, 0.717) is 42.3 Å². The summed E-state index contributed by atoms with van der Waals surface area (Å²) < 4.78 is 9.03. The van der Waals surface area contributed by atoms with Crippen LogP contribution in [0.1, 0.15) is 51.5 Å². The number of aromatic nitrogens is 4. The topological polar surface area (TPSA) is 89.3 Å². The Morgan fingerprint density at radius 3 is 2.78 bits per heavy atom. The Hall–Kier alpha value is -2.87. The van der Waals surface area contributed by atoms with Crippen molar-refractivity contribution in [3.63, 3.8) is 0 Å². The largest absolute Gasteiger partial charge is 0.466 e. The minimum absolute atomic E-state index is 0.0345. The lowest BCUT2D eigenvalue weighted by molar-refractivity contribution is 0.0744. The third-order valence-electron chi connectivity index (χ3n) is 5.01. The maximum Gasteiger partial charge on any atom is 0.257 e. The molecular weight excluding hydrogens is 346 g/mol. The number of aliphatic hydroxyl groups is 1. The number of nitrogens with zero attached hydrogens (tertiary/aromatic N) is 5. The molecule has 1 aliphatic rings. The number of carbonyl (C=O) groups is 1. The Labute approximate surface area is 157 Å². The summed E-state index contributed by atoms with van der Waals surface area (Å²) in [5.74, 6) is 1.34. The predicted molar refractivity (Wildman–Crippen MR) is 97.0 cm³/mol. The summed E-state index contributed by atoms with van der Waals surface area (Å²) in [4.78, 5) is 14.8. The molecule has 1 N–H and O–H groups in total. The predicted octanol–water partition coefficient (Wildman–Crippen LogP) is 1.95. The lowest BCUT2D eigenvalue weighted by Crippen LogP contribution is -2.30. The van der Waals surface area contributed by atoms with Gasteiger partial charge in [0.2, 0.25) is 0 Å². The molecule has 142 valence electrons. The van der Waals surface area contributed by atoms with Crippen molar-refractivity contribution in [3.8, 4) is 0 Å². The van der Waals surface area contributed by atoms with E-state index in [-0.39, 0.29) is 5.91 Å². The molecule has 0 radical (unpaired) electrons. The van der Waals surface area contributed by atoms with E-state index >= 15 is 0 Å². The quantitative estimate of drug-likeness (QED) is 0.762. The first-order chi connectivity index (χ1) is 12.9. The molecule has 1 atom stereocenters. The fraction of sp³-hybridized carbons (Fsp3) is 0.421. The molecule has 1 unspecified atom stereocenters. The normalized spacial score (nSPS) is 15.5. The first kappa shape index (κ1) is 17.5. The van der Waals surface area contributed by atoms with Gasteiger partial charge in [0.25, 0.3) is 5.91 Å². The zero-order chi connectivity index (χ0) is 19.1. The number of aryl methyl sites for hydroxylation is 4. The van der Waals surface area contributed by atoms with Crippen LogP contribution in [0.5, 0.6) is 0 Å². The number of fused-ring (bicyclic) bond motifs is 1. The number of rotatable bonds is 3. The SMILES string of the molecule is Cc1cc(C(=O)N2CCCn3nc(C(O)c4ccnn4C)cc3C2)c(C)o1. The lowest BCUT2D eigenvalue weighted by atomic mass is 10.1. The van der Waals surface area contributed by atoms with E-state index in [4.69, 9.17) is 4.42 Å². The van der Waals surface area contributed by atoms with Gasteiger partial charge in [-0.2, -0.15) is 10.2 Å². The van der Waals surface area contributed by atoms with E-state index in [1.165, 1.54) is 0 Å².